The van der Waals surface area contributed by atoms with E-state index in [0.29, 0.717) is 43.1 Å². The molecule has 2 aliphatic rings. The van der Waals surface area contributed by atoms with Crippen molar-refractivity contribution in [1.29, 1.82) is 0 Å². The minimum absolute atomic E-state index is 0.0265. The van der Waals surface area contributed by atoms with E-state index < -0.39 is 11.7 Å². The molecule has 0 bridgehead atoms. The fourth-order valence-corrected chi connectivity index (χ4v) is 4.04. The van der Waals surface area contributed by atoms with Gasteiger partial charge in [-0.2, -0.15) is 13.2 Å². The second-order valence-electron chi connectivity index (χ2n) is 7.27. The first kappa shape index (κ1) is 18.7. The van der Waals surface area contributed by atoms with Crippen LogP contribution in [0, 0.1) is 5.92 Å². The van der Waals surface area contributed by atoms with E-state index in [0.717, 1.165) is 25.5 Å². The molecule has 1 amide bonds. The molecule has 2 aromatic rings. The van der Waals surface area contributed by atoms with E-state index in [-0.39, 0.29) is 11.8 Å². The molecule has 1 saturated heterocycles. The molecule has 0 N–H and O–H groups in total. The van der Waals surface area contributed by atoms with Gasteiger partial charge in [0.15, 0.2) is 0 Å². The van der Waals surface area contributed by atoms with Crippen LogP contribution in [0.15, 0.2) is 36.7 Å². The van der Waals surface area contributed by atoms with Crippen molar-refractivity contribution in [2.75, 3.05) is 29.4 Å². The Morgan fingerprint density at radius 1 is 1.11 bits per heavy atom. The lowest BCUT2D eigenvalue weighted by atomic mass is 9.93. The maximum atomic E-state index is 13.2. The summed E-state index contributed by atoms with van der Waals surface area (Å²) >= 11 is 0. The predicted molar refractivity (Wildman–Crippen MR) is 99.1 cm³/mol. The van der Waals surface area contributed by atoms with E-state index in [1.807, 2.05) is 4.90 Å². The Labute approximate surface area is 161 Å². The highest BCUT2D eigenvalue weighted by Crippen LogP contribution is 2.36. The van der Waals surface area contributed by atoms with Crippen LogP contribution in [0.3, 0.4) is 0 Å². The van der Waals surface area contributed by atoms with Crippen molar-refractivity contribution in [3.63, 3.8) is 0 Å². The van der Waals surface area contributed by atoms with Gasteiger partial charge in [0, 0.05) is 37.7 Å². The van der Waals surface area contributed by atoms with Gasteiger partial charge in [-0.3, -0.25) is 4.79 Å². The van der Waals surface area contributed by atoms with Gasteiger partial charge >= 0.3 is 6.18 Å². The second kappa shape index (κ2) is 7.41. The Bertz CT molecular complexity index is 856. The Morgan fingerprint density at radius 2 is 1.89 bits per heavy atom. The summed E-state index contributed by atoms with van der Waals surface area (Å²) in [5.41, 5.74) is 0.538. The molecule has 5 nitrogen and oxygen atoms in total. The van der Waals surface area contributed by atoms with Crippen molar-refractivity contribution >= 4 is 17.5 Å². The minimum Gasteiger partial charge on any atom is -0.340 e. The molecule has 0 radical (unpaired) electrons. The summed E-state index contributed by atoms with van der Waals surface area (Å²) in [6.45, 7) is 1.85. The maximum Gasteiger partial charge on any atom is 0.416 e. The first-order valence-corrected chi connectivity index (χ1v) is 9.47. The summed E-state index contributed by atoms with van der Waals surface area (Å²) in [5, 5.41) is 0. The maximum absolute atomic E-state index is 13.2. The monoisotopic (exact) mass is 390 g/mol. The Kier molecular flexibility index (Phi) is 4.95. The Morgan fingerprint density at radius 3 is 2.64 bits per heavy atom. The van der Waals surface area contributed by atoms with Gasteiger partial charge in [-0.15, -0.1) is 0 Å². The van der Waals surface area contributed by atoms with Crippen LogP contribution >= 0.6 is 0 Å². The molecule has 0 saturated carbocycles. The number of rotatable bonds is 2. The number of amides is 1. The number of carbonyl (C=O) groups excluding carboxylic acids is 1. The molecule has 1 aromatic carbocycles. The highest BCUT2D eigenvalue weighted by molar-refractivity contribution is 5.96. The van der Waals surface area contributed by atoms with E-state index in [1.54, 1.807) is 23.4 Å². The Balaban J connectivity index is 1.54. The summed E-state index contributed by atoms with van der Waals surface area (Å²) in [7, 11) is 0. The predicted octanol–water partition coefficient (Wildman–Crippen LogP) is 3.69. The third-order valence-electron chi connectivity index (χ3n) is 5.40. The summed E-state index contributed by atoms with van der Waals surface area (Å²) < 4.78 is 39.0. The number of piperidine rings is 1. The van der Waals surface area contributed by atoms with E-state index in [9.17, 15) is 18.0 Å². The number of fused-ring (bicyclic) bond motifs is 1. The van der Waals surface area contributed by atoms with Crippen LogP contribution < -0.4 is 9.80 Å². The summed E-state index contributed by atoms with van der Waals surface area (Å²) in [6.07, 6.45) is 1.80. The molecule has 4 rings (SSSR count). The molecule has 1 atom stereocenters. The van der Waals surface area contributed by atoms with Crippen LogP contribution in [0.2, 0.25) is 0 Å². The lowest BCUT2D eigenvalue weighted by Crippen LogP contribution is -2.47. The number of aromatic nitrogens is 2. The lowest BCUT2D eigenvalue weighted by Gasteiger charge is -2.37. The third kappa shape index (κ3) is 3.68. The number of alkyl halides is 3. The summed E-state index contributed by atoms with van der Waals surface area (Å²) in [6, 6.07) is 5.43. The largest absolute Gasteiger partial charge is 0.416 e. The van der Waals surface area contributed by atoms with Gasteiger partial charge in [-0.05, 0) is 55.5 Å². The van der Waals surface area contributed by atoms with E-state index >= 15 is 0 Å². The zero-order chi connectivity index (χ0) is 19.7. The molecular formula is C20H21F3N4O. The quantitative estimate of drug-likeness (QED) is 0.785. The van der Waals surface area contributed by atoms with Crippen molar-refractivity contribution < 1.29 is 18.0 Å². The fourth-order valence-electron chi connectivity index (χ4n) is 4.04. The van der Waals surface area contributed by atoms with Gasteiger partial charge in [0.25, 0.3) is 0 Å². The zero-order valence-electron chi connectivity index (χ0n) is 15.3. The van der Waals surface area contributed by atoms with Crippen LogP contribution in [0.5, 0.6) is 0 Å². The molecule has 1 aromatic heterocycles. The average Bonchev–Trinajstić information content (AvgIpc) is 2.72. The third-order valence-corrected chi connectivity index (χ3v) is 5.40. The van der Waals surface area contributed by atoms with Gasteiger partial charge < -0.3 is 9.80 Å². The lowest BCUT2D eigenvalue weighted by molar-refractivity contribution is -0.137. The van der Waals surface area contributed by atoms with Gasteiger partial charge in [0.1, 0.15) is 0 Å². The smallest absolute Gasteiger partial charge is 0.340 e. The molecular weight excluding hydrogens is 369 g/mol. The van der Waals surface area contributed by atoms with Crippen molar-refractivity contribution in [2.45, 2.75) is 31.9 Å². The average molecular weight is 390 g/mol. The molecule has 1 fully saturated rings. The van der Waals surface area contributed by atoms with Crippen LogP contribution in [-0.2, 0) is 17.4 Å². The Hall–Kier alpha value is -2.64. The van der Waals surface area contributed by atoms with Crippen molar-refractivity contribution in [2.24, 2.45) is 5.92 Å². The molecule has 8 heteroatoms. The number of halogens is 3. The van der Waals surface area contributed by atoms with Crippen molar-refractivity contribution in [3.05, 3.63) is 47.8 Å². The number of anilines is 2. The van der Waals surface area contributed by atoms with E-state index in [4.69, 9.17) is 0 Å². The van der Waals surface area contributed by atoms with Gasteiger partial charge in [0.2, 0.25) is 11.9 Å². The molecule has 2 aliphatic heterocycles. The molecule has 0 spiro atoms. The van der Waals surface area contributed by atoms with E-state index in [2.05, 4.69) is 9.97 Å². The number of benzene rings is 1. The normalized spacial score (nSPS) is 20.0. The standard InChI is InChI=1S/C20H21F3N4O/c21-20(22,23)16-6-7-17-14(12-16)4-2-11-27(17)18(28)15-5-1-10-26(13-15)19-24-8-3-9-25-19/h3,6-9,12,15H,1-2,4-5,10-11,13H2. The van der Waals surface area contributed by atoms with Crippen LogP contribution in [0.1, 0.15) is 30.4 Å². The molecule has 0 aliphatic carbocycles. The highest BCUT2D eigenvalue weighted by atomic mass is 19.4. The van der Waals surface area contributed by atoms with Crippen molar-refractivity contribution in [1.82, 2.24) is 9.97 Å². The zero-order valence-corrected chi connectivity index (χ0v) is 15.3. The molecule has 28 heavy (non-hydrogen) atoms. The minimum atomic E-state index is -4.37. The highest BCUT2D eigenvalue weighted by Gasteiger charge is 2.35. The fraction of sp³-hybridized carbons (Fsp3) is 0.450. The number of carbonyl (C=O) groups is 1. The molecule has 1 unspecified atom stereocenters. The van der Waals surface area contributed by atoms with Crippen LogP contribution in [-0.4, -0.2) is 35.5 Å². The summed E-state index contributed by atoms with van der Waals surface area (Å²) in [4.78, 5) is 25.4. The summed E-state index contributed by atoms with van der Waals surface area (Å²) in [5.74, 6) is 0.362. The van der Waals surface area contributed by atoms with Gasteiger partial charge in [0.05, 0.1) is 11.5 Å². The van der Waals surface area contributed by atoms with Crippen LogP contribution in [0.25, 0.3) is 0 Å². The topological polar surface area (TPSA) is 49.3 Å². The van der Waals surface area contributed by atoms with Gasteiger partial charge in [-0.25, -0.2) is 9.97 Å². The first-order valence-electron chi connectivity index (χ1n) is 9.47. The SMILES string of the molecule is O=C(C1CCCN(c2ncccn2)C1)N1CCCc2cc(C(F)(F)F)ccc21. The van der Waals surface area contributed by atoms with E-state index in [1.165, 1.54) is 12.1 Å². The van der Waals surface area contributed by atoms with Gasteiger partial charge in [-0.1, -0.05) is 0 Å². The second-order valence-corrected chi connectivity index (χ2v) is 7.27. The molecule has 3 heterocycles. The number of aryl methyl sites for hydroxylation is 1. The first-order chi connectivity index (χ1) is 13.4. The number of hydrogen-bond donors (Lipinski definition) is 0. The molecule has 148 valence electrons. The van der Waals surface area contributed by atoms with Crippen molar-refractivity contribution in [3.8, 4) is 0 Å². The number of nitrogens with zero attached hydrogens (tertiary/aromatic N) is 4. The van der Waals surface area contributed by atoms with Crippen LogP contribution in [0.4, 0.5) is 24.8 Å². The number of hydrogen-bond acceptors (Lipinski definition) is 4.